The predicted molar refractivity (Wildman–Crippen MR) is 115 cm³/mol. The lowest BCUT2D eigenvalue weighted by Gasteiger charge is -2.20. The molecule has 1 atom stereocenters. The monoisotopic (exact) mass is 388 g/mol. The lowest BCUT2D eigenvalue weighted by Crippen LogP contribution is -2.92. The number of quaternary nitrogens is 1. The Kier molecular flexibility index (Phi) is 6.76. The molecular formula is C24H26N3O2+. The van der Waals surface area contributed by atoms with Gasteiger partial charge in [0.15, 0.2) is 6.04 Å². The van der Waals surface area contributed by atoms with E-state index < -0.39 is 0 Å². The molecule has 0 aromatic heterocycles. The molecular weight excluding hydrogens is 362 g/mol. The molecule has 0 saturated carbocycles. The van der Waals surface area contributed by atoms with Crippen LogP contribution in [0.5, 0.6) is 0 Å². The van der Waals surface area contributed by atoms with E-state index in [-0.39, 0.29) is 23.9 Å². The summed E-state index contributed by atoms with van der Waals surface area (Å²) >= 11 is 0. The van der Waals surface area contributed by atoms with Crippen LogP contribution in [0.2, 0.25) is 0 Å². The molecule has 5 heteroatoms. The molecule has 29 heavy (non-hydrogen) atoms. The molecule has 0 heterocycles. The van der Waals surface area contributed by atoms with Crippen LogP contribution < -0.4 is 16.0 Å². The summed E-state index contributed by atoms with van der Waals surface area (Å²) in [4.78, 5) is 23.9. The Morgan fingerprint density at radius 3 is 1.62 bits per heavy atom. The Labute approximate surface area is 171 Å². The van der Waals surface area contributed by atoms with Gasteiger partial charge < -0.3 is 16.0 Å². The summed E-state index contributed by atoms with van der Waals surface area (Å²) in [6.07, 6.45) is 0. The average Bonchev–Trinajstić information content (AvgIpc) is 2.74. The van der Waals surface area contributed by atoms with E-state index in [2.05, 4.69) is 40.2 Å². The maximum atomic E-state index is 12.8. The van der Waals surface area contributed by atoms with Crippen molar-refractivity contribution in [2.24, 2.45) is 0 Å². The van der Waals surface area contributed by atoms with E-state index in [0.717, 1.165) is 11.1 Å². The summed E-state index contributed by atoms with van der Waals surface area (Å²) in [5, 5.41) is 7.74. The summed E-state index contributed by atoms with van der Waals surface area (Å²) < 4.78 is 0. The van der Waals surface area contributed by atoms with E-state index in [1.54, 1.807) is 24.3 Å². The summed E-state index contributed by atoms with van der Waals surface area (Å²) in [7, 11) is 0. The fourth-order valence-corrected chi connectivity index (χ4v) is 3.21. The number of carbonyl (C=O) groups excluding carboxylic acids is 2. The van der Waals surface area contributed by atoms with Crippen LogP contribution in [0.1, 0.15) is 31.0 Å². The number of anilines is 2. The first-order chi connectivity index (χ1) is 14.0. The fourth-order valence-electron chi connectivity index (χ4n) is 3.21. The fraction of sp³-hybridized carbons (Fsp3) is 0.167. The van der Waals surface area contributed by atoms with E-state index in [1.165, 1.54) is 6.92 Å². The lowest BCUT2D eigenvalue weighted by molar-refractivity contribution is -0.704. The summed E-state index contributed by atoms with van der Waals surface area (Å²) in [6.45, 7) is 3.36. The minimum Gasteiger partial charge on any atom is -0.326 e. The highest BCUT2D eigenvalue weighted by atomic mass is 16.2. The van der Waals surface area contributed by atoms with Crippen LogP contribution in [0.4, 0.5) is 11.4 Å². The van der Waals surface area contributed by atoms with Gasteiger partial charge in [-0.1, -0.05) is 60.7 Å². The van der Waals surface area contributed by atoms with Crippen molar-refractivity contribution in [2.45, 2.75) is 25.9 Å². The summed E-state index contributed by atoms with van der Waals surface area (Å²) in [6, 6.07) is 27.2. The smallest absolute Gasteiger partial charge is 0.282 e. The van der Waals surface area contributed by atoms with Gasteiger partial charge in [0.05, 0.1) is 0 Å². The van der Waals surface area contributed by atoms with Gasteiger partial charge in [0.1, 0.15) is 6.04 Å². The van der Waals surface area contributed by atoms with Gasteiger partial charge in [0.2, 0.25) is 5.91 Å². The second-order valence-corrected chi connectivity index (χ2v) is 7.03. The summed E-state index contributed by atoms with van der Waals surface area (Å²) in [5.74, 6) is -0.202. The number of nitrogens with two attached hydrogens (primary N) is 1. The van der Waals surface area contributed by atoms with Gasteiger partial charge in [-0.25, -0.2) is 0 Å². The second kappa shape index (κ2) is 9.66. The van der Waals surface area contributed by atoms with Crippen molar-refractivity contribution in [1.82, 2.24) is 0 Å². The minimum atomic E-state index is -0.296. The first kappa shape index (κ1) is 20.3. The number of hydrogen-bond donors (Lipinski definition) is 3. The third-order valence-electron chi connectivity index (χ3n) is 4.68. The van der Waals surface area contributed by atoms with Gasteiger partial charge in [0, 0.05) is 29.4 Å². The predicted octanol–water partition coefficient (Wildman–Crippen LogP) is 3.33. The van der Waals surface area contributed by atoms with Crippen molar-refractivity contribution in [3.63, 3.8) is 0 Å². The number of nitrogens with one attached hydrogen (secondary N) is 2. The van der Waals surface area contributed by atoms with Crippen molar-refractivity contribution in [3.05, 3.63) is 96.1 Å². The van der Waals surface area contributed by atoms with Gasteiger partial charge in [-0.2, -0.15) is 0 Å². The Bertz CT molecular complexity index is 901. The molecule has 0 aliphatic rings. The highest BCUT2D eigenvalue weighted by Gasteiger charge is 2.24. The standard InChI is InChI=1S/C24H25N3O2/c1-17(24(29)27-22-15-13-21(14-16-22)26-18(2)28)25-23(19-9-5-3-6-10-19)20-11-7-4-8-12-20/h3-17,23,25H,1-2H3,(H,26,28)(H,27,29)/p+1/t17-/m0/s1. The van der Waals surface area contributed by atoms with Crippen molar-refractivity contribution in [1.29, 1.82) is 0 Å². The molecule has 0 aliphatic heterocycles. The number of hydrogen-bond acceptors (Lipinski definition) is 2. The van der Waals surface area contributed by atoms with Crippen LogP contribution >= 0.6 is 0 Å². The Balaban J connectivity index is 1.70. The van der Waals surface area contributed by atoms with Crippen molar-refractivity contribution >= 4 is 23.2 Å². The quantitative estimate of drug-likeness (QED) is 0.581. The molecule has 0 radical (unpaired) electrons. The molecule has 0 aliphatic carbocycles. The molecule has 148 valence electrons. The van der Waals surface area contributed by atoms with E-state index >= 15 is 0 Å². The van der Waals surface area contributed by atoms with E-state index in [0.29, 0.717) is 11.4 Å². The molecule has 3 rings (SSSR count). The van der Waals surface area contributed by atoms with Crippen molar-refractivity contribution in [3.8, 4) is 0 Å². The van der Waals surface area contributed by atoms with Gasteiger partial charge >= 0.3 is 0 Å². The number of amides is 2. The van der Waals surface area contributed by atoms with Gasteiger partial charge in [-0.15, -0.1) is 0 Å². The average molecular weight is 388 g/mol. The van der Waals surface area contributed by atoms with Crippen LogP contribution in [0.15, 0.2) is 84.9 Å². The van der Waals surface area contributed by atoms with Crippen LogP contribution in [0, 0.1) is 0 Å². The highest BCUT2D eigenvalue weighted by Crippen LogP contribution is 2.18. The zero-order chi connectivity index (χ0) is 20.6. The molecule has 3 aromatic rings. The molecule has 0 spiro atoms. The first-order valence-electron chi connectivity index (χ1n) is 9.66. The topological polar surface area (TPSA) is 74.8 Å². The normalized spacial score (nSPS) is 11.7. The van der Waals surface area contributed by atoms with Crippen molar-refractivity contribution < 1.29 is 14.9 Å². The van der Waals surface area contributed by atoms with Gasteiger partial charge in [0.25, 0.3) is 5.91 Å². The lowest BCUT2D eigenvalue weighted by atomic mass is 9.98. The largest absolute Gasteiger partial charge is 0.326 e. The zero-order valence-electron chi connectivity index (χ0n) is 16.6. The molecule has 5 nitrogen and oxygen atoms in total. The van der Waals surface area contributed by atoms with E-state index in [9.17, 15) is 9.59 Å². The van der Waals surface area contributed by atoms with Crippen LogP contribution in [0.3, 0.4) is 0 Å². The number of benzene rings is 3. The molecule has 0 bridgehead atoms. The number of rotatable bonds is 7. The van der Waals surface area contributed by atoms with E-state index in [4.69, 9.17) is 0 Å². The maximum absolute atomic E-state index is 12.8. The second-order valence-electron chi connectivity index (χ2n) is 7.03. The third-order valence-corrected chi connectivity index (χ3v) is 4.68. The Morgan fingerprint density at radius 1 is 0.724 bits per heavy atom. The van der Waals surface area contributed by atoms with Crippen LogP contribution in [-0.2, 0) is 9.59 Å². The minimum absolute atomic E-state index is 0.0280. The Hall–Kier alpha value is -3.44. The SMILES string of the molecule is CC(=O)Nc1ccc(NC(=O)[C@H](C)[NH2+]C(c2ccccc2)c2ccccc2)cc1. The molecule has 2 amide bonds. The first-order valence-corrected chi connectivity index (χ1v) is 9.66. The maximum Gasteiger partial charge on any atom is 0.282 e. The van der Waals surface area contributed by atoms with Gasteiger partial charge in [-0.05, 0) is 31.2 Å². The Morgan fingerprint density at radius 2 is 1.17 bits per heavy atom. The van der Waals surface area contributed by atoms with E-state index in [1.807, 2.05) is 43.3 Å². The van der Waals surface area contributed by atoms with Gasteiger partial charge in [-0.3, -0.25) is 9.59 Å². The number of carbonyl (C=O) groups is 2. The molecule has 0 unspecified atom stereocenters. The highest BCUT2D eigenvalue weighted by molar-refractivity contribution is 5.94. The molecule has 4 N–H and O–H groups in total. The van der Waals surface area contributed by atoms with Crippen LogP contribution in [-0.4, -0.2) is 17.9 Å². The van der Waals surface area contributed by atoms with Crippen molar-refractivity contribution in [2.75, 3.05) is 10.6 Å². The zero-order valence-corrected chi connectivity index (χ0v) is 16.6. The molecule has 3 aromatic carbocycles. The molecule has 0 saturated heterocycles. The summed E-state index contributed by atoms with van der Waals surface area (Å²) in [5.41, 5.74) is 3.69. The van der Waals surface area contributed by atoms with Crippen LogP contribution in [0.25, 0.3) is 0 Å². The third kappa shape index (κ3) is 5.77. The molecule has 0 fully saturated rings.